The van der Waals surface area contributed by atoms with Gasteiger partial charge in [0.05, 0.1) is 0 Å². The minimum atomic E-state index is 0.0819. The number of carbonyl (C=O) groups excluding carboxylic acids is 1. The van der Waals surface area contributed by atoms with Crippen molar-refractivity contribution in [3.8, 4) is 0 Å². The Bertz CT molecular complexity index is 346. The van der Waals surface area contributed by atoms with Crippen LogP contribution >= 0.6 is 0 Å². The number of amides is 1. The molecule has 0 aromatic rings. The SMILES string of the molecule is CC1=C[I-]CNC(NC(=O)C2CCOCC2)=C1. The van der Waals surface area contributed by atoms with Gasteiger partial charge in [0.2, 0.25) is 0 Å². The molecule has 1 saturated heterocycles. The second kappa shape index (κ2) is 6.39. The van der Waals surface area contributed by atoms with Crippen molar-refractivity contribution in [3.63, 3.8) is 0 Å². The first-order chi connectivity index (χ1) is 8.25. The zero-order chi connectivity index (χ0) is 12.1. The third-order valence-electron chi connectivity index (χ3n) is 2.81. The summed E-state index contributed by atoms with van der Waals surface area (Å²) in [6.07, 6.45) is 3.69. The summed E-state index contributed by atoms with van der Waals surface area (Å²) in [7, 11) is 0. The number of alkyl halides is 1. The zero-order valence-electron chi connectivity index (χ0n) is 9.96. The van der Waals surface area contributed by atoms with E-state index in [0.29, 0.717) is 13.2 Å². The molecule has 0 aliphatic carbocycles. The van der Waals surface area contributed by atoms with E-state index in [1.165, 1.54) is 5.57 Å². The number of allylic oxidation sites excluding steroid dienone is 2. The van der Waals surface area contributed by atoms with E-state index in [-0.39, 0.29) is 33.0 Å². The number of ether oxygens (including phenoxy) is 1. The van der Waals surface area contributed by atoms with Crippen LogP contribution in [-0.2, 0) is 9.53 Å². The van der Waals surface area contributed by atoms with Crippen molar-refractivity contribution in [1.82, 2.24) is 10.6 Å². The number of hydrogen-bond donors (Lipinski definition) is 2. The monoisotopic (exact) mass is 349 g/mol. The molecule has 0 aromatic heterocycles. The maximum atomic E-state index is 12.0. The average molecular weight is 349 g/mol. The summed E-state index contributed by atoms with van der Waals surface area (Å²) in [5.74, 6) is 1.08. The third-order valence-corrected chi connectivity index (χ3v) is 5.05. The molecule has 1 fully saturated rings. The van der Waals surface area contributed by atoms with Crippen molar-refractivity contribution in [1.29, 1.82) is 0 Å². The Morgan fingerprint density at radius 1 is 1.53 bits per heavy atom. The van der Waals surface area contributed by atoms with E-state index in [2.05, 4.69) is 21.6 Å². The number of nitrogens with one attached hydrogen (secondary N) is 2. The zero-order valence-corrected chi connectivity index (χ0v) is 12.1. The number of rotatable bonds is 2. The predicted molar refractivity (Wildman–Crippen MR) is 61.5 cm³/mol. The molecule has 0 radical (unpaired) electrons. The molecule has 0 bridgehead atoms. The van der Waals surface area contributed by atoms with Crippen molar-refractivity contribution >= 4 is 5.91 Å². The van der Waals surface area contributed by atoms with Gasteiger partial charge in [-0.15, -0.1) is 0 Å². The van der Waals surface area contributed by atoms with Crippen molar-refractivity contribution < 1.29 is 30.7 Å². The number of halogens is 1. The first-order valence-corrected chi connectivity index (χ1v) is 8.61. The molecule has 0 aromatic carbocycles. The van der Waals surface area contributed by atoms with Gasteiger partial charge in [-0.1, -0.05) is 0 Å². The van der Waals surface area contributed by atoms with Gasteiger partial charge in [-0.3, -0.25) is 0 Å². The van der Waals surface area contributed by atoms with Crippen molar-refractivity contribution in [2.24, 2.45) is 5.92 Å². The Morgan fingerprint density at radius 3 is 3.06 bits per heavy atom. The Labute approximate surface area is 112 Å². The van der Waals surface area contributed by atoms with Crippen molar-refractivity contribution in [2.45, 2.75) is 19.8 Å². The van der Waals surface area contributed by atoms with Crippen LogP contribution in [0.1, 0.15) is 19.8 Å². The third kappa shape index (κ3) is 3.99. The molecule has 0 atom stereocenters. The molecule has 2 aliphatic heterocycles. The van der Waals surface area contributed by atoms with Gasteiger partial charge in [0.25, 0.3) is 0 Å². The van der Waals surface area contributed by atoms with Gasteiger partial charge in [0.1, 0.15) is 0 Å². The Morgan fingerprint density at radius 2 is 2.29 bits per heavy atom. The van der Waals surface area contributed by atoms with Crippen LogP contribution in [0.4, 0.5) is 0 Å². The van der Waals surface area contributed by atoms with Crippen LogP contribution < -0.4 is 31.8 Å². The van der Waals surface area contributed by atoms with E-state index in [1.54, 1.807) is 0 Å². The quantitative estimate of drug-likeness (QED) is 0.342. The number of hydrogen-bond acceptors (Lipinski definition) is 3. The van der Waals surface area contributed by atoms with Crippen LogP contribution in [0.2, 0.25) is 0 Å². The molecular formula is C12H18IN2O2-. The maximum absolute atomic E-state index is 12.0. The van der Waals surface area contributed by atoms with E-state index in [1.807, 2.05) is 6.08 Å². The Balaban J connectivity index is 1.91. The second-order valence-corrected chi connectivity index (χ2v) is 6.52. The van der Waals surface area contributed by atoms with Gasteiger partial charge in [-0.05, 0) is 0 Å². The number of carbonyl (C=O) groups is 1. The minimum absolute atomic E-state index is 0.0819. The molecule has 0 saturated carbocycles. The molecule has 5 heteroatoms. The summed E-state index contributed by atoms with van der Waals surface area (Å²) < 4.78 is 8.52. The Hall–Kier alpha value is -0.560. The molecule has 2 rings (SSSR count). The summed E-state index contributed by atoms with van der Waals surface area (Å²) in [6.45, 7) is 3.48. The standard InChI is InChI=1S/C12H18IN2O2/c1-9-6-11(14-8-13-7-9)15-12(16)10-2-4-17-5-3-10/h6-7,10,14H,2-5,8H2,1H3,(H,15,16)/q-1. The fourth-order valence-electron chi connectivity index (χ4n) is 1.86. The topological polar surface area (TPSA) is 50.4 Å². The van der Waals surface area contributed by atoms with E-state index in [0.717, 1.165) is 23.2 Å². The molecule has 2 aliphatic rings. The molecule has 4 nitrogen and oxygen atoms in total. The van der Waals surface area contributed by atoms with E-state index in [9.17, 15) is 4.79 Å². The van der Waals surface area contributed by atoms with Crippen LogP contribution in [0, 0.1) is 5.92 Å². The van der Waals surface area contributed by atoms with Gasteiger partial charge in [0.15, 0.2) is 0 Å². The molecule has 17 heavy (non-hydrogen) atoms. The molecular weight excluding hydrogens is 331 g/mol. The first-order valence-electron chi connectivity index (χ1n) is 5.84. The molecule has 96 valence electrons. The van der Waals surface area contributed by atoms with Gasteiger partial charge in [-0.2, -0.15) is 0 Å². The summed E-state index contributed by atoms with van der Waals surface area (Å²) in [5.41, 5.74) is 1.24. The van der Waals surface area contributed by atoms with Crippen LogP contribution in [0.25, 0.3) is 0 Å². The molecule has 2 N–H and O–H groups in total. The van der Waals surface area contributed by atoms with Crippen LogP contribution in [0.3, 0.4) is 0 Å². The fourth-order valence-corrected chi connectivity index (χ4v) is 3.58. The molecule has 2 heterocycles. The fraction of sp³-hybridized carbons (Fsp3) is 0.583. The van der Waals surface area contributed by atoms with Crippen LogP contribution in [0.15, 0.2) is 21.6 Å². The molecule has 1 amide bonds. The average Bonchev–Trinajstić information content (AvgIpc) is 2.55. The summed E-state index contributed by atoms with van der Waals surface area (Å²) in [5, 5.41) is 6.27. The van der Waals surface area contributed by atoms with Gasteiger partial charge >= 0.3 is 112 Å². The first kappa shape index (κ1) is 12.9. The summed E-state index contributed by atoms with van der Waals surface area (Å²) in [6, 6.07) is 0. The predicted octanol–water partition coefficient (Wildman–Crippen LogP) is -2.08. The molecule has 0 unspecified atom stereocenters. The Kier molecular flexibility index (Phi) is 4.85. The van der Waals surface area contributed by atoms with Gasteiger partial charge < -0.3 is 0 Å². The van der Waals surface area contributed by atoms with Crippen molar-refractivity contribution in [2.75, 3.05) is 17.8 Å². The summed E-state index contributed by atoms with van der Waals surface area (Å²) >= 11 is 0.0819. The van der Waals surface area contributed by atoms with E-state index < -0.39 is 0 Å². The van der Waals surface area contributed by atoms with Crippen LogP contribution in [0.5, 0.6) is 0 Å². The van der Waals surface area contributed by atoms with E-state index >= 15 is 0 Å². The van der Waals surface area contributed by atoms with Gasteiger partial charge in [-0.25, -0.2) is 0 Å². The van der Waals surface area contributed by atoms with Gasteiger partial charge in [0, 0.05) is 0 Å². The molecule has 0 spiro atoms. The normalized spacial score (nSPS) is 22.4. The van der Waals surface area contributed by atoms with E-state index in [4.69, 9.17) is 4.74 Å². The summed E-state index contributed by atoms with van der Waals surface area (Å²) in [4.78, 5) is 12.0. The van der Waals surface area contributed by atoms with Crippen LogP contribution in [-0.4, -0.2) is 23.7 Å². The second-order valence-electron chi connectivity index (χ2n) is 4.25. The van der Waals surface area contributed by atoms with Crippen molar-refractivity contribution in [3.05, 3.63) is 21.6 Å².